The number of fused-ring (bicyclic) bond motifs is 5. The van der Waals surface area contributed by atoms with Gasteiger partial charge in [-0.3, -0.25) is 4.79 Å². The van der Waals surface area contributed by atoms with Gasteiger partial charge in [0.1, 0.15) is 0 Å². The molecule has 208 valence electrons. The molecule has 40 heavy (non-hydrogen) atoms. The van der Waals surface area contributed by atoms with Gasteiger partial charge in [-0.15, -0.1) is 0 Å². The fourth-order valence-corrected chi connectivity index (χ4v) is 5.52. The third-order valence-electron chi connectivity index (χ3n) is 7.52. The number of carbonyl (C=O) groups is 1. The van der Waals surface area contributed by atoms with Crippen LogP contribution in [0.1, 0.15) is 16.7 Å². The molecule has 4 aromatic rings. The van der Waals surface area contributed by atoms with Crippen LogP contribution >= 0.6 is 0 Å². The van der Waals surface area contributed by atoms with E-state index in [-0.39, 0.29) is 43.1 Å². The third-order valence-corrected chi connectivity index (χ3v) is 7.52. The Balaban J connectivity index is 0.00000323. The number of hydrogen-bond donors (Lipinski definition) is 1. The molecular formula is C31H32IN3O5. The predicted octanol–water partition coefficient (Wildman–Crippen LogP) is 1.03. The summed E-state index contributed by atoms with van der Waals surface area (Å²) in [6.07, 6.45) is 3.16. The Morgan fingerprint density at radius 3 is 2.45 bits per heavy atom. The van der Waals surface area contributed by atoms with Crippen LogP contribution in [0, 0.1) is 0 Å². The van der Waals surface area contributed by atoms with E-state index < -0.39 is 0 Å². The Hall–Kier alpha value is -3.73. The number of nitrogens with zero attached hydrogens (tertiary/aromatic N) is 2. The highest BCUT2D eigenvalue weighted by molar-refractivity contribution is 5.97. The summed E-state index contributed by atoms with van der Waals surface area (Å²) in [7, 11) is 7.30. The molecule has 1 aromatic heterocycles. The van der Waals surface area contributed by atoms with Crippen molar-refractivity contribution in [3.05, 3.63) is 71.4 Å². The summed E-state index contributed by atoms with van der Waals surface area (Å²) in [5, 5.41) is 4.98. The number of aromatic nitrogens is 1. The van der Waals surface area contributed by atoms with Gasteiger partial charge in [0.25, 0.3) is 0 Å². The summed E-state index contributed by atoms with van der Waals surface area (Å²) >= 11 is 0. The van der Waals surface area contributed by atoms with E-state index in [0.29, 0.717) is 18.0 Å². The van der Waals surface area contributed by atoms with Crippen molar-refractivity contribution < 1.29 is 52.3 Å². The zero-order valence-electron chi connectivity index (χ0n) is 23.0. The van der Waals surface area contributed by atoms with E-state index in [1.807, 2.05) is 44.4 Å². The van der Waals surface area contributed by atoms with Crippen LogP contribution in [0.25, 0.3) is 22.0 Å². The van der Waals surface area contributed by atoms with E-state index in [4.69, 9.17) is 18.9 Å². The fraction of sp³-hybridized carbons (Fsp3) is 0.290. The topological polar surface area (TPSA) is 73.1 Å². The van der Waals surface area contributed by atoms with E-state index in [1.54, 1.807) is 14.2 Å². The molecule has 0 fully saturated rings. The maximum absolute atomic E-state index is 13.4. The number of hydrogen-bond acceptors (Lipinski definition) is 6. The molecule has 1 N–H and O–H groups in total. The molecule has 0 spiro atoms. The molecule has 3 aromatic carbocycles. The number of amides is 1. The molecule has 0 bridgehead atoms. The highest BCUT2D eigenvalue weighted by atomic mass is 127. The van der Waals surface area contributed by atoms with E-state index >= 15 is 0 Å². The summed E-state index contributed by atoms with van der Waals surface area (Å²) < 4.78 is 24.9. The summed E-state index contributed by atoms with van der Waals surface area (Å²) in [5.41, 5.74) is 6.36. The first-order valence-electron chi connectivity index (χ1n) is 13.0. The SMILES string of the molecule is COc1ccc2c(CC(=O)NCc3ccc(N(C)C)cc3)c3[n+](cc2c1OC)CCc1cc2c(cc1-3)OCO2.[I-]. The smallest absolute Gasteiger partial charge is 0.231 e. The van der Waals surface area contributed by atoms with Crippen LogP contribution in [-0.2, 0) is 30.7 Å². The van der Waals surface area contributed by atoms with Crippen molar-refractivity contribution in [3.8, 4) is 34.3 Å². The van der Waals surface area contributed by atoms with Gasteiger partial charge in [-0.1, -0.05) is 12.1 Å². The maximum atomic E-state index is 13.4. The van der Waals surface area contributed by atoms with E-state index in [0.717, 1.165) is 63.3 Å². The molecule has 8 nitrogen and oxygen atoms in total. The second kappa shape index (κ2) is 11.4. The van der Waals surface area contributed by atoms with Gasteiger partial charge in [-0.2, -0.15) is 4.57 Å². The fourth-order valence-electron chi connectivity index (χ4n) is 5.52. The number of benzene rings is 3. The minimum absolute atomic E-state index is 0. The number of methoxy groups -OCH3 is 2. The number of carbonyl (C=O) groups excluding carboxylic acids is 1. The molecule has 2 aliphatic rings. The molecule has 9 heteroatoms. The summed E-state index contributed by atoms with van der Waals surface area (Å²) in [6, 6.07) is 16.2. The zero-order valence-corrected chi connectivity index (χ0v) is 25.2. The molecule has 2 aliphatic heterocycles. The minimum atomic E-state index is -0.0513. The van der Waals surface area contributed by atoms with Crippen LogP contribution in [0.2, 0.25) is 0 Å². The van der Waals surface area contributed by atoms with Crippen LogP contribution in [0.5, 0.6) is 23.0 Å². The molecule has 3 heterocycles. The van der Waals surface area contributed by atoms with Gasteiger partial charge in [-0.05, 0) is 47.5 Å². The third kappa shape index (κ3) is 4.98. The number of aryl methyl sites for hydroxylation is 2. The number of pyridine rings is 1. The van der Waals surface area contributed by atoms with Gasteiger partial charge in [0.05, 0.1) is 31.6 Å². The summed E-state index contributed by atoms with van der Waals surface area (Å²) in [4.78, 5) is 15.5. The van der Waals surface area contributed by atoms with Gasteiger partial charge >= 0.3 is 0 Å². The second-order valence-corrected chi connectivity index (χ2v) is 10.0. The van der Waals surface area contributed by atoms with Gasteiger partial charge in [-0.25, -0.2) is 0 Å². The molecule has 0 unspecified atom stereocenters. The van der Waals surface area contributed by atoms with Crippen LogP contribution < -0.4 is 57.7 Å². The molecular weight excluding hydrogens is 621 g/mol. The number of rotatable bonds is 7. The zero-order chi connectivity index (χ0) is 27.1. The monoisotopic (exact) mass is 653 g/mol. The van der Waals surface area contributed by atoms with E-state index in [2.05, 4.69) is 39.2 Å². The van der Waals surface area contributed by atoms with Crippen molar-refractivity contribution in [2.24, 2.45) is 0 Å². The lowest BCUT2D eigenvalue weighted by atomic mass is 9.89. The normalized spacial score (nSPS) is 12.7. The van der Waals surface area contributed by atoms with Gasteiger partial charge in [0, 0.05) is 43.7 Å². The van der Waals surface area contributed by atoms with Gasteiger partial charge in [0.2, 0.25) is 18.4 Å². The number of anilines is 1. The lowest BCUT2D eigenvalue weighted by molar-refractivity contribution is -0.686. The summed E-state index contributed by atoms with van der Waals surface area (Å²) in [5.74, 6) is 2.76. The molecule has 0 aliphatic carbocycles. The van der Waals surface area contributed by atoms with Crippen LogP contribution in [-0.4, -0.2) is 41.0 Å². The lowest BCUT2D eigenvalue weighted by Crippen LogP contribution is -3.00. The number of halogens is 1. The first kappa shape index (κ1) is 27.8. The first-order chi connectivity index (χ1) is 19.0. The van der Waals surface area contributed by atoms with Crippen molar-refractivity contribution >= 4 is 22.4 Å². The molecule has 0 saturated carbocycles. The van der Waals surface area contributed by atoms with Crippen molar-refractivity contribution in [2.75, 3.05) is 40.0 Å². The summed E-state index contributed by atoms with van der Waals surface area (Å²) in [6.45, 7) is 1.45. The second-order valence-electron chi connectivity index (χ2n) is 10.0. The quantitative estimate of drug-likeness (QED) is 0.238. The molecule has 0 saturated heterocycles. The Labute approximate surface area is 250 Å². The van der Waals surface area contributed by atoms with Crippen molar-refractivity contribution in [1.82, 2.24) is 5.32 Å². The first-order valence-corrected chi connectivity index (χ1v) is 13.0. The van der Waals surface area contributed by atoms with Crippen LogP contribution in [0.4, 0.5) is 5.69 Å². The van der Waals surface area contributed by atoms with Crippen molar-refractivity contribution in [2.45, 2.75) is 25.9 Å². The van der Waals surface area contributed by atoms with Crippen molar-refractivity contribution in [3.63, 3.8) is 0 Å². The minimum Gasteiger partial charge on any atom is -1.00 e. The maximum Gasteiger partial charge on any atom is 0.231 e. The predicted molar refractivity (Wildman–Crippen MR) is 149 cm³/mol. The van der Waals surface area contributed by atoms with E-state index in [1.165, 1.54) is 5.56 Å². The van der Waals surface area contributed by atoms with Crippen LogP contribution in [0.15, 0.2) is 54.7 Å². The molecule has 6 rings (SSSR count). The Kier molecular flexibility index (Phi) is 7.93. The molecule has 1 amide bonds. The van der Waals surface area contributed by atoms with Crippen molar-refractivity contribution in [1.29, 1.82) is 0 Å². The highest BCUT2D eigenvalue weighted by Gasteiger charge is 2.33. The van der Waals surface area contributed by atoms with Gasteiger partial charge in [0.15, 0.2) is 35.7 Å². The average molecular weight is 654 g/mol. The number of nitrogens with one attached hydrogen (secondary N) is 1. The van der Waals surface area contributed by atoms with E-state index in [9.17, 15) is 4.79 Å². The number of ether oxygens (including phenoxy) is 4. The largest absolute Gasteiger partial charge is 1.00 e. The average Bonchev–Trinajstić information content (AvgIpc) is 3.41. The lowest BCUT2D eigenvalue weighted by Gasteiger charge is -2.21. The Morgan fingerprint density at radius 1 is 1.00 bits per heavy atom. The Bertz CT molecular complexity index is 1590. The highest BCUT2D eigenvalue weighted by Crippen LogP contribution is 2.43. The molecule has 0 atom stereocenters. The Morgan fingerprint density at radius 2 is 1.75 bits per heavy atom. The van der Waals surface area contributed by atoms with Gasteiger partial charge < -0.3 is 53.1 Å². The van der Waals surface area contributed by atoms with Crippen LogP contribution in [0.3, 0.4) is 0 Å². The molecule has 0 radical (unpaired) electrons. The standard InChI is InChI=1S/C31H31N3O5.HI/c1-33(2)21-7-5-19(6-8-21)16-32-29(35)15-24-22-9-10-26(36-3)31(37-4)25(22)17-34-12-11-20-13-27-28(39-18-38-27)14-23(20)30(24)34;/h5-10,13-14,17H,11-12,15-16,18H2,1-4H3;1H.